The summed E-state index contributed by atoms with van der Waals surface area (Å²) >= 11 is 0. The van der Waals surface area contributed by atoms with Crippen molar-refractivity contribution in [2.24, 2.45) is 22.6 Å². The second-order valence-electron chi connectivity index (χ2n) is 9.72. The van der Waals surface area contributed by atoms with E-state index in [4.69, 9.17) is 10.7 Å². The van der Waals surface area contributed by atoms with Gasteiger partial charge in [-0.1, -0.05) is 60.7 Å². The number of H-pyrrole nitrogens is 1. The monoisotopic (exact) mass is 495 g/mol. The number of hydrogen-bond donors (Lipinski definition) is 3. The summed E-state index contributed by atoms with van der Waals surface area (Å²) in [6, 6.07) is 22.4. The predicted molar refractivity (Wildman–Crippen MR) is 147 cm³/mol. The first-order valence-electron chi connectivity index (χ1n) is 12.9. The number of aromatic nitrogens is 3. The molecule has 8 heteroatoms. The van der Waals surface area contributed by atoms with Gasteiger partial charge >= 0.3 is 0 Å². The number of guanidine groups is 1. The van der Waals surface area contributed by atoms with E-state index in [1.54, 1.807) is 12.4 Å². The molecular formula is C29H33N7O. The van der Waals surface area contributed by atoms with Gasteiger partial charge in [-0.05, 0) is 48.8 Å². The molecule has 5 rings (SSSR count). The molecule has 0 aliphatic heterocycles. The number of anilines is 1. The van der Waals surface area contributed by atoms with Gasteiger partial charge < -0.3 is 16.0 Å². The Labute approximate surface area is 217 Å². The van der Waals surface area contributed by atoms with Crippen molar-refractivity contribution >= 4 is 28.6 Å². The zero-order chi connectivity index (χ0) is 25.5. The van der Waals surface area contributed by atoms with Crippen molar-refractivity contribution in [2.75, 3.05) is 11.9 Å². The summed E-state index contributed by atoms with van der Waals surface area (Å²) in [7, 11) is 0. The summed E-state index contributed by atoms with van der Waals surface area (Å²) in [5.41, 5.74) is 10.3. The van der Waals surface area contributed by atoms with Gasteiger partial charge in [0.25, 0.3) is 0 Å². The number of rotatable bonds is 8. The van der Waals surface area contributed by atoms with Crippen LogP contribution in [0, 0.1) is 11.8 Å². The molecule has 0 radical (unpaired) electrons. The van der Waals surface area contributed by atoms with E-state index in [0.29, 0.717) is 30.6 Å². The molecule has 2 heterocycles. The molecule has 2 aromatic heterocycles. The van der Waals surface area contributed by atoms with Crippen molar-refractivity contribution in [3.8, 4) is 0 Å². The maximum absolute atomic E-state index is 13.0. The van der Waals surface area contributed by atoms with Crippen LogP contribution in [0.2, 0.25) is 0 Å². The van der Waals surface area contributed by atoms with Gasteiger partial charge in [-0.3, -0.25) is 9.89 Å². The highest BCUT2D eigenvalue weighted by atomic mass is 16.1. The number of pyridine rings is 1. The van der Waals surface area contributed by atoms with Crippen LogP contribution in [-0.2, 0) is 17.9 Å². The average molecular weight is 496 g/mol. The summed E-state index contributed by atoms with van der Waals surface area (Å²) in [6.45, 7) is 2.10. The molecule has 4 N–H and O–H groups in total. The van der Waals surface area contributed by atoms with Crippen LogP contribution in [0.5, 0.6) is 0 Å². The number of nitrogens with two attached hydrogens (primary N) is 1. The minimum Gasteiger partial charge on any atom is -0.370 e. The zero-order valence-corrected chi connectivity index (χ0v) is 20.9. The topological polar surface area (TPSA) is 112 Å². The summed E-state index contributed by atoms with van der Waals surface area (Å²) in [5.74, 6) is 1.09. The van der Waals surface area contributed by atoms with Crippen LogP contribution in [0.4, 0.5) is 5.69 Å². The summed E-state index contributed by atoms with van der Waals surface area (Å²) in [4.78, 5) is 24.2. The number of benzene rings is 2. The Morgan fingerprint density at radius 3 is 2.43 bits per heavy atom. The van der Waals surface area contributed by atoms with Gasteiger partial charge in [0.1, 0.15) is 0 Å². The molecule has 8 nitrogen and oxygen atoms in total. The van der Waals surface area contributed by atoms with E-state index in [9.17, 15) is 4.79 Å². The Bertz CT molecular complexity index is 1330. The minimum absolute atomic E-state index is 0.00182. The Kier molecular flexibility index (Phi) is 7.74. The molecule has 1 aliphatic carbocycles. The number of nitrogens with one attached hydrogen (secondary N) is 2. The molecule has 1 saturated carbocycles. The quantitative estimate of drug-likeness (QED) is 0.242. The lowest BCUT2D eigenvalue weighted by molar-refractivity contribution is -0.121. The Hall–Kier alpha value is -4.20. The van der Waals surface area contributed by atoms with E-state index in [0.717, 1.165) is 48.9 Å². The summed E-state index contributed by atoms with van der Waals surface area (Å²) in [6.07, 6.45) is 7.05. The molecule has 1 aliphatic rings. The first kappa shape index (κ1) is 24.5. The molecule has 37 heavy (non-hydrogen) atoms. The van der Waals surface area contributed by atoms with E-state index in [-0.39, 0.29) is 11.8 Å². The van der Waals surface area contributed by atoms with E-state index in [2.05, 4.69) is 61.8 Å². The summed E-state index contributed by atoms with van der Waals surface area (Å²) in [5, 5.41) is 10.8. The number of fused-ring (bicyclic) bond motifs is 1. The van der Waals surface area contributed by atoms with Crippen LogP contribution in [0.3, 0.4) is 0 Å². The standard InChI is InChI=1S/C29H33N7O/c30-29(32-17-21-7-3-1-4-8-21)36(19-22-9-5-2-6-10-22)20-23-11-13-24(14-12-23)28(37)34-26-15-16-31-27-25(26)18-33-35-27/h1-10,15-16,18,23-24H,11-14,17,19-20H2,(H2,30,32)(H2,31,33,34,35,37). The highest BCUT2D eigenvalue weighted by Crippen LogP contribution is 2.31. The maximum Gasteiger partial charge on any atom is 0.227 e. The van der Waals surface area contributed by atoms with Gasteiger partial charge in [-0.15, -0.1) is 0 Å². The fourth-order valence-corrected chi connectivity index (χ4v) is 5.01. The second kappa shape index (κ2) is 11.7. The van der Waals surface area contributed by atoms with Crippen molar-refractivity contribution in [3.63, 3.8) is 0 Å². The zero-order valence-electron chi connectivity index (χ0n) is 20.9. The third kappa shape index (κ3) is 6.33. The third-order valence-corrected chi connectivity index (χ3v) is 7.11. The van der Waals surface area contributed by atoms with Gasteiger partial charge in [-0.25, -0.2) is 9.98 Å². The largest absolute Gasteiger partial charge is 0.370 e. The molecule has 2 aromatic carbocycles. The van der Waals surface area contributed by atoms with Gasteiger partial charge in [-0.2, -0.15) is 5.10 Å². The number of carbonyl (C=O) groups is 1. The number of nitrogens with zero attached hydrogens (tertiary/aromatic N) is 4. The lowest BCUT2D eigenvalue weighted by Crippen LogP contribution is -2.41. The van der Waals surface area contributed by atoms with E-state index < -0.39 is 0 Å². The Balaban J connectivity index is 1.20. The van der Waals surface area contributed by atoms with Crippen LogP contribution in [-0.4, -0.2) is 38.5 Å². The fourth-order valence-electron chi connectivity index (χ4n) is 5.01. The van der Waals surface area contributed by atoms with Crippen molar-refractivity contribution in [3.05, 3.63) is 90.3 Å². The van der Waals surface area contributed by atoms with Crippen LogP contribution >= 0.6 is 0 Å². The van der Waals surface area contributed by atoms with Gasteiger partial charge in [0.05, 0.1) is 23.8 Å². The van der Waals surface area contributed by atoms with Crippen molar-refractivity contribution in [2.45, 2.75) is 38.8 Å². The predicted octanol–water partition coefficient (Wildman–Crippen LogP) is 4.72. The van der Waals surface area contributed by atoms with Crippen molar-refractivity contribution < 1.29 is 4.79 Å². The molecule has 4 aromatic rings. The fraction of sp³-hybridized carbons (Fsp3) is 0.310. The maximum atomic E-state index is 13.0. The van der Waals surface area contributed by atoms with Crippen molar-refractivity contribution in [1.29, 1.82) is 0 Å². The van der Waals surface area contributed by atoms with Gasteiger partial charge in [0, 0.05) is 25.2 Å². The number of carbonyl (C=O) groups excluding carboxylic acids is 1. The minimum atomic E-state index is -0.00182. The molecular weight excluding hydrogens is 462 g/mol. The van der Waals surface area contributed by atoms with Gasteiger partial charge in [0.2, 0.25) is 5.91 Å². The molecule has 0 bridgehead atoms. The number of hydrogen-bond acceptors (Lipinski definition) is 4. The highest BCUT2D eigenvalue weighted by Gasteiger charge is 2.28. The number of aromatic amines is 1. The molecule has 0 saturated heterocycles. The molecule has 1 amide bonds. The Morgan fingerprint density at radius 1 is 1.00 bits per heavy atom. The summed E-state index contributed by atoms with van der Waals surface area (Å²) < 4.78 is 0. The van der Waals surface area contributed by atoms with E-state index in [1.165, 1.54) is 5.56 Å². The molecule has 190 valence electrons. The average Bonchev–Trinajstić information content (AvgIpc) is 3.43. The third-order valence-electron chi connectivity index (χ3n) is 7.11. The normalized spacial score (nSPS) is 18.0. The molecule has 1 fully saturated rings. The van der Waals surface area contributed by atoms with E-state index in [1.807, 2.05) is 30.3 Å². The number of aliphatic imine (C=N–C) groups is 1. The van der Waals surface area contributed by atoms with E-state index >= 15 is 0 Å². The van der Waals surface area contributed by atoms with Crippen molar-refractivity contribution in [1.82, 2.24) is 20.1 Å². The highest BCUT2D eigenvalue weighted by molar-refractivity contribution is 6.00. The molecule has 0 spiro atoms. The lowest BCUT2D eigenvalue weighted by Gasteiger charge is -2.33. The SMILES string of the molecule is NC(=NCc1ccccc1)N(Cc1ccccc1)CC1CCC(C(=O)Nc2ccnc3[nH]ncc23)CC1. The van der Waals surface area contributed by atoms with Crippen LogP contribution < -0.4 is 11.1 Å². The second-order valence-corrected chi connectivity index (χ2v) is 9.72. The first-order chi connectivity index (χ1) is 18.2. The molecule has 0 atom stereocenters. The van der Waals surface area contributed by atoms with Crippen LogP contribution in [0.25, 0.3) is 11.0 Å². The van der Waals surface area contributed by atoms with Crippen LogP contribution in [0.15, 0.2) is 84.1 Å². The van der Waals surface area contributed by atoms with Crippen LogP contribution in [0.1, 0.15) is 36.8 Å². The lowest BCUT2D eigenvalue weighted by atomic mass is 9.81. The van der Waals surface area contributed by atoms with Gasteiger partial charge in [0.15, 0.2) is 11.6 Å². The number of amides is 1. The molecule has 0 unspecified atom stereocenters. The Morgan fingerprint density at radius 2 is 1.70 bits per heavy atom. The smallest absolute Gasteiger partial charge is 0.227 e. The first-order valence-corrected chi connectivity index (χ1v) is 12.9.